The zero-order chi connectivity index (χ0) is 16.4. The van der Waals surface area contributed by atoms with Gasteiger partial charge in [-0.05, 0) is 62.0 Å². The summed E-state index contributed by atoms with van der Waals surface area (Å²) in [5.74, 6) is 1.51. The molecule has 0 saturated heterocycles. The molecule has 0 aromatic heterocycles. The van der Waals surface area contributed by atoms with Crippen molar-refractivity contribution in [1.82, 2.24) is 4.90 Å². The second kappa shape index (κ2) is 6.52. The number of halogens is 1. The Balaban J connectivity index is 1.94. The van der Waals surface area contributed by atoms with Crippen molar-refractivity contribution in [2.75, 3.05) is 30.9 Å². The lowest BCUT2D eigenvalue weighted by molar-refractivity contribution is 0.354. The minimum absolute atomic E-state index is 0.686. The smallest absolute Gasteiger partial charge is 0.151 e. The molecule has 0 aliphatic carbocycles. The van der Waals surface area contributed by atoms with E-state index in [0.717, 1.165) is 30.4 Å². The molecule has 1 heterocycles. The number of nitrogen functional groups attached to an aromatic ring is 1. The fraction of sp³-hybridized carbons (Fsp3) is 0.222. The molecule has 0 unspecified atom stereocenters. The first kappa shape index (κ1) is 15.7. The number of hydrogen-bond donors (Lipinski definition) is 1. The molecule has 0 spiro atoms. The Morgan fingerprint density at radius 2 is 1.87 bits per heavy atom. The molecule has 4 nitrogen and oxygen atoms in total. The molecule has 0 fully saturated rings. The van der Waals surface area contributed by atoms with Gasteiger partial charge in [0.05, 0.1) is 12.4 Å². The third kappa shape index (κ3) is 3.78. The molecule has 0 bridgehead atoms. The van der Waals surface area contributed by atoms with Crippen molar-refractivity contribution in [3.8, 4) is 11.5 Å². The van der Waals surface area contributed by atoms with Crippen molar-refractivity contribution < 1.29 is 4.74 Å². The van der Waals surface area contributed by atoms with Crippen LogP contribution in [0.15, 0.2) is 54.2 Å². The van der Waals surface area contributed by atoms with Crippen LogP contribution in [0.25, 0.3) is 0 Å². The first-order chi connectivity index (χ1) is 11.0. The van der Waals surface area contributed by atoms with Gasteiger partial charge in [0.25, 0.3) is 0 Å². The minimum atomic E-state index is 0.686. The lowest BCUT2D eigenvalue weighted by Gasteiger charge is -2.33. The van der Waals surface area contributed by atoms with Crippen LogP contribution in [0.4, 0.5) is 11.4 Å². The molecule has 1 aliphatic heterocycles. The zero-order valence-electron chi connectivity index (χ0n) is 13.3. The van der Waals surface area contributed by atoms with Crippen molar-refractivity contribution >= 4 is 23.0 Å². The summed E-state index contributed by atoms with van der Waals surface area (Å²) >= 11 is 5.93. The van der Waals surface area contributed by atoms with E-state index in [-0.39, 0.29) is 0 Å². The van der Waals surface area contributed by atoms with Crippen LogP contribution in [0.5, 0.6) is 11.5 Å². The van der Waals surface area contributed by atoms with Gasteiger partial charge in [0, 0.05) is 23.5 Å². The van der Waals surface area contributed by atoms with Gasteiger partial charge in [-0.2, -0.15) is 0 Å². The van der Waals surface area contributed by atoms with Crippen LogP contribution in [-0.2, 0) is 0 Å². The predicted octanol–water partition coefficient (Wildman–Crippen LogP) is 4.33. The molecule has 1 aliphatic rings. The van der Waals surface area contributed by atoms with Gasteiger partial charge in [-0.1, -0.05) is 11.6 Å². The first-order valence-electron chi connectivity index (χ1n) is 7.47. The van der Waals surface area contributed by atoms with Gasteiger partial charge < -0.3 is 15.4 Å². The van der Waals surface area contributed by atoms with E-state index in [1.54, 1.807) is 0 Å². The Bertz CT molecular complexity index is 728. The highest BCUT2D eigenvalue weighted by Crippen LogP contribution is 2.35. The molecule has 0 radical (unpaired) electrons. The Kier molecular flexibility index (Phi) is 4.46. The molecule has 2 N–H and O–H groups in total. The summed E-state index contributed by atoms with van der Waals surface area (Å²) in [6.07, 6.45) is 2.14. The van der Waals surface area contributed by atoms with Crippen molar-refractivity contribution in [2.24, 2.45) is 0 Å². The summed E-state index contributed by atoms with van der Waals surface area (Å²) in [6.45, 7) is 3.87. The van der Waals surface area contributed by atoms with E-state index in [0.29, 0.717) is 10.7 Å². The summed E-state index contributed by atoms with van der Waals surface area (Å²) in [5, 5.41) is 0.686. The maximum atomic E-state index is 6.04. The number of rotatable bonds is 3. The topological polar surface area (TPSA) is 41.7 Å². The lowest BCUT2D eigenvalue weighted by Crippen LogP contribution is -2.37. The van der Waals surface area contributed by atoms with Gasteiger partial charge in [-0.25, -0.2) is 0 Å². The van der Waals surface area contributed by atoms with Crippen molar-refractivity contribution in [3.05, 3.63) is 59.3 Å². The Labute approximate surface area is 141 Å². The van der Waals surface area contributed by atoms with Crippen LogP contribution in [0.2, 0.25) is 5.02 Å². The zero-order valence-corrected chi connectivity index (χ0v) is 14.0. The number of hydrogen-bond acceptors (Lipinski definition) is 4. The molecular weight excluding hydrogens is 310 g/mol. The second-order valence-electron chi connectivity index (χ2n) is 5.88. The molecule has 120 valence electrons. The largest absolute Gasteiger partial charge is 0.455 e. The van der Waals surface area contributed by atoms with Gasteiger partial charge in [0.15, 0.2) is 5.75 Å². The fourth-order valence-electron chi connectivity index (χ4n) is 2.70. The normalized spacial score (nSPS) is 15.4. The van der Waals surface area contributed by atoms with E-state index in [1.165, 1.54) is 5.57 Å². The highest BCUT2D eigenvalue weighted by atomic mass is 35.5. The third-order valence-electron chi connectivity index (χ3n) is 3.62. The third-order valence-corrected chi connectivity index (χ3v) is 3.88. The van der Waals surface area contributed by atoms with Gasteiger partial charge >= 0.3 is 0 Å². The van der Waals surface area contributed by atoms with Crippen LogP contribution in [0.1, 0.15) is 6.92 Å². The van der Waals surface area contributed by atoms with E-state index in [2.05, 4.69) is 30.0 Å². The average molecular weight is 330 g/mol. The van der Waals surface area contributed by atoms with E-state index in [4.69, 9.17) is 22.1 Å². The van der Waals surface area contributed by atoms with Gasteiger partial charge in [0.2, 0.25) is 0 Å². The molecule has 2 aromatic carbocycles. The highest BCUT2D eigenvalue weighted by Gasteiger charge is 2.18. The second-order valence-corrected chi connectivity index (χ2v) is 6.32. The van der Waals surface area contributed by atoms with Gasteiger partial charge in [0.1, 0.15) is 5.75 Å². The summed E-state index contributed by atoms with van der Waals surface area (Å²) in [7, 11) is 2.09. The monoisotopic (exact) mass is 329 g/mol. The fourth-order valence-corrected chi connectivity index (χ4v) is 2.83. The number of likely N-dealkylation sites (N-methyl/N-ethyl adjacent to an activating group) is 1. The average Bonchev–Trinajstić information content (AvgIpc) is 2.50. The van der Waals surface area contributed by atoms with Crippen LogP contribution in [-0.4, -0.2) is 25.2 Å². The molecule has 0 atom stereocenters. The molecule has 5 heteroatoms. The maximum absolute atomic E-state index is 6.04. The number of nitrogens with two attached hydrogens (primary N) is 1. The standard InChI is InChI=1S/C18H20ClN3O/c1-13-10-21(2)12-22(11-13)17-9-15(20)5-8-18(17)23-16-6-3-14(19)4-7-16/h3-9,11H,10,12,20H2,1-2H3. The number of ether oxygens (including phenoxy) is 1. The summed E-state index contributed by atoms with van der Waals surface area (Å²) < 4.78 is 6.04. The van der Waals surface area contributed by atoms with Gasteiger partial charge in [-0.3, -0.25) is 4.90 Å². The molecule has 23 heavy (non-hydrogen) atoms. The Morgan fingerprint density at radius 1 is 1.13 bits per heavy atom. The van der Waals surface area contributed by atoms with Crippen molar-refractivity contribution in [1.29, 1.82) is 0 Å². The Hall–Kier alpha value is -2.17. The molecule has 2 aromatic rings. The summed E-state index contributed by atoms with van der Waals surface area (Å²) in [5.41, 5.74) is 8.93. The van der Waals surface area contributed by atoms with Crippen molar-refractivity contribution in [3.63, 3.8) is 0 Å². The number of anilines is 2. The molecule has 0 amide bonds. The van der Waals surface area contributed by atoms with E-state index in [9.17, 15) is 0 Å². The van der Waals surface area contributed by atoms with Crippen LogP contribution >= 0.6 is 11.6 Å². The highest BCUT2D eigenvalue weighted by molar-refractivity contribution is 6.30. The number of benzene rings is 2. The predicted molar refractivity (Wildman–Crippen MR) is 96.1 cm³/mol. The quantitative estimate of drug-likeness (QED) is 0.851. The van der Waals surface area contributed by atoms with Gasteiger partial charge in [-0.15, -0.1) is 0 Å². The lowest BCUT2D eigenvalue weighted by atomic mass is 10.2. The van der Waals surface area contributed by atoms with Crippen molar-refractivity contribution in [2.45, 2.75) is 6.92 Å². The van der Waals surface area contributed by atoms with E-state index in [1.807, 2.05) is 42.5 Å². The van der Waals surface area contributed by atoms with Crippen LogP contribution in [0.3, 0.4) is 0 Å². The summed E-state index contributed by atoms with van der Waals surface area (Å²) in [6, 6.07) is 13.0. The maximum Gasteiger partial charge on any atom is 0.151 e. The van der Waals surface area contributed by atoms with Crippen LogP contribution in [0, 0.1) is 0 Å². The van der Waals surface area contributed by atoms with Crippen LogP contribution < -0.4 is 15.4 Å². The molecule has 3 rings (SSSR count). The molecule has 0 saturated carbocycles. The van der Waals surface area contributed by atoms with E-state index < -0.39 is 0 Å². The van der Waals surface area contributed by atoms with E-state index >= 15 is 0 Å². The Morgan fingerprint density at radius 3 is 2.57 bits per heavy atom. The minimum Gasteiger partial charge on any atom is -0.455 e. The number of nitrogens with zero attached hydrogens (tertiary/aromatic N) is 2. The SMILES string of the molecule is CC1=CN(c2cc(N)ccc2Oc2ccc(Cl)cc2)CN(C)C1. The molecular formula is C18H20ClN3O. The first-order valence-corrected chi connectivity index (χ1v) is 7.84. The summed E-state index contributed by atoms with van der Waals surface area (Å²) in [4.78, 5) is 4.39.